The molecule has 1 N–H and O–H groups in total. The minimum Gasteiger partial charge on any atom is -0.493 e. The molecule has 8 nitrogen and oxygen atoms in total. The summed E-state index contributed by atoms with van der Waals surface area (Å²) in [7, 11) is 1.51. The van der Waals surface area contributed by atoms with E-state index in [4.69, 9.17) is 37.4 Å². The molecule has 1 fully saturated rings. The average molecular weight is 569 g/mol. The van der Waals surface area contributed by atoms with E-state index in [-0.39, 0.29) is 18.7 Å². The number of carbonyl (C=O) groups excluding carboxylic acids is 3. The van der Waals surface area contributed by atoms with Gasteiger partial charge in [-0.1, -0.05) is 54.4 Å². The Morgan fingerprint density at radius 3 is 2.44 bits per heavy atom. The Balaban J connectivity index is 1.59. The van der Waals surface area contributed by atoms with Crippen molar-refractivity contribution >= 4 is 47.1 Å². The van der Waals surface area contributed by atoms with Crippen LogP contribution in [-0.4, -0.2) is 36.5 Å². The summed E-state index contributed by atoms with van der Waals surface area (Å²) in [5.41, 5.74) is 1.52. The van der Waals surface area contributed by atoms with Gasteiger partial charge in [0.15, 0.2) is 11.5 Å². The lowest BCUT2D eigenvalue weighted by molar-refractivity contribution is -0.130. The number of benzene rings is 3. The molecule has 1 aliphatic rings. The van der Waals surface area contributed by atoms with E-state index in [0.717, 1.165) is 16.9 Å². The highest BCUT2D eigenvalue weighted by Gasteiger charge is 2.36. The van der Waals surface area contributed by atoms with E-state index in [1.54, 1.807) is 42.5 Å². The third-order valence-corrected chi connectivity index (χ3v) is 6.43. The Bertz CT molecular complexity index is 1440. The second kappa shape index (κ2) is 12.7. The van der Waals surface area contributed by atoms with Crippen molar-refractivity contribution in [1.29, 1.82) is 0 Å². The number of methoxy groups -OCH3 is 1. The molecular formula is C29H26Cl2N2O6. The van der Waals surface area contributed by atoms with Gasteiger partial charge in [0.1, 0.15) is 17.9 Å². The molecule has 0 radical (unpaired) electrons. The summed E-state index contributed by atoms with van der Waals surface area (Å²) < 4.78 is 17.0. The molecule has 4 rings (SSSR count). The molecule has 202 valence electrons. The van der Waals surface area contributed by atoms with Crippen LogP contribution < -0.4 is 19.5 Å². The number of amides is 4. The monoisotopic (exact) mass is 568 g/mol. The number of nitrogens with one attached hydrogen (secondary N) is 1. The SMILES string of the molecule is CCCOc1ccc(CN2C(=O)NC(=O)/C(=C\c3cc(Cl)ccc3OCc3ccccc3Cl)C2=O)cc1OC. The summed E-state index contributed by atoms with van der Waals surface area (Å²) in [4.78, 5) is 39.6. The van der Waals surface area contributed by atoms with Crippen LogP contribution in [0.1, 0.15) is 30.0 Å². The topological polar surface area (TPSA) is 94.2 Å². The number of carbonyl (C=O) groups is 3. The van der Waals surface area contributed by atoms with Crippen molar-refractivity contribution in [1.82, 2.24) is 10.2 Å². The molecule has 1 saturated heterocycles. The maximum absolute atomic E-state index is 13.4. The lowest BCUT2D eigenvalue weighted by Crippen LogP contribution is -2.53. The van der Waals surface area contributed by atoms with E-state index in [1.165, 1.54) is 13.2 Å². The molecule has 3 aromatic carbocycles. The molecule has 10 heteroatoms. The Morgan fingerprint density at radius 1 is 0.923 bits per heavy atom. The van der Waals surface area contributed by atoms with E-state index in [2.05, 4.69) is 5.32 Å². The maximum Gasteiger partial charge on any atom is 0.331 e. The van der Waals surface area contributed by atoms with E-state index in [9.17, 15) is 14.4 Å². The fourth-order valence-corrected chi connectivity index (χ4v) is 4.22. The molecule has 0 unspecified atom stereocenters. The zero-order chi connectivity index (χ0) is 27.9. The normalized spacial score (nSPS) is 14.4. The highest BCUT2D eigenvalue weighted by molar-refractivity contribution is 6.32. The van der Waals surface area contributed by atoms with Gasteiger partial charge in [-0.15, -0.1) is 0 Å². The molecule has 3 aromatic rings. The summed E-state index contributed by atoms with van der Waals surface area (Å²) >= 11 is 12.4. The first-order valence-electron chi connectivity index (χ1n) is 12.1. The van der Waals surface area contributed by atoms with E-state index in [0.29, 0.717) is 45.0 Å². The van der Waals surface area contributed by atoms with E-state index in [1.807, 2.05) is 25.1 Å². The van der Waals surface area contributed by atoms with Gasteiger partial charge in [-0.05, 0) is 54.5 Å². The molecule has 1 heterocycles. The van der Waals surface area contributed by atoms with Crippen LogP contribution in [0, 0.1) is 0 Å². The lowest BCUT2D eigenvalue weighted by Gasteiger charge is -2.26. The number of hydrogen-bond acceptors (Lipinski definition) is 6. The van der Waals surface area contributed by atoms with Crippen molar-refractivity contribution in [3.05, 3.63) is 93.0 Å². The second-order valence-corrected chi connectivity index (χ2v) is 9.45. The number of nitrogens with zero attached hydrogens (tertiary/aromatic N) is 1. The number of urea groups is 1. The number of barbiturate groups is 1. The Morgan fingerprint density at radius 2 is 1.69 bits per heavy atom. The molecule has 4 amide bonds. The summed E-state index contributed by atoms with van der Waals surface area (Å²) in [5, 5.41) is 3.15. The molecule has 0 atom stereocenters. The van der Waals surface area contributed by atoms with E-state index < -0.39 is 17.8 Å². The van der Waals surface area contributed by atoms with Gasteiger partial charge < -0.3 is 14.2 Å². The van der Waals surface area contributed by atoms with Gasteiger partial charge in [-0.25, -0.2) is 4.79 Å². The zero-order valence-corrected chi connectivity index (χ0v) is 22.8. The lowest BCUT2D eigenvalue weighted by atomic mass is 10.1. The quantitative estimate of drug-likeness (QED) is 0.237. The predicted octanol–water partition coefficient (Wildman–Crippen LogP) is 6.03. The first-order chi connectivity index (χ1) is 18.8. The third kappa shape index (κ3) is 6.71. The van der Waals surface area contributed by atoms with Gasteiger partial charge in [0.2, 0.25) is 0 Å². The van der Waals surface area contributed by atoms with Crippen LogP contribution in [0.25, 0.3) is 6.08 Å². The molecule has 1 aliphatic heterocycles. The van der Waals surface area contributed by atoms with Crippen molar-refractivity contribution < 1.29 is 28.6 Å². The maximum atomic E-state index is 13.4. The summed E-state index contributed by atoms with van der Waals surface area (Å²) in [6.45, 7) is 2.57. The van der Waals surface area contributed by atoms with Crippen molar-refractivity contribution in [2.75, 3.05) is 13.7 Å². The molecule has 0 bridgehead atoms. The second-order valence-electron chi connectivity index (χ2n) is 8.60. The fraction of sp³-hybridized carbons (Fsp3) is 0.207. The van der Waals surface area contributed by atoms with Crippen molar-refractivity contribution in [2.24, 2.45) is 0 Å². The highest BCUT2D eigenvalue weighted by Crippen LogP contribution is 2.31. The minimum absolute atomic E-state index is 0.0921. The largest absolute Gasteiger partial charge is 0.493 e. The summed E-state index contributed by atoms with van der Waals surface area (Å²) in [5.74, 6) is -0.177. The molecular weight excluding hydrogens is 543 g/mol. The van der Waals surface area contributed by atoms with Crippen LogP contribution in [0.2, 0.25) is 10.0 Å². The van der Waals surface area contributed by atoms with Gasteiger partial charge in [0.25, 0.3) is 11.8 Å². The zero-order valence-electron chi connectivity index (χ0n) is 21.3. The Kier molecular flexibility index (Phi) is 9.11. The van der Waals surface area contributed by atoms with Crippen molar-refractivity contribution in [3.8, 4) is 17.2 Å². The molecule has 0 aromatic heterocycles. The number of halogens is 2. The Hall–Kier alpha value is -4.01. The van der Waals surface area contributed by atoms with Gasteiger partial charge in [-0.3, -0.25) is 19.8 Å². The smallest absolute Gasteiger partial charge is 0.331 e. The summed E-state index contributed by atoms with van der Waals surface area (Å²) in [6.07, 6.45) is 2.18. The van der Waals surface area contributed by atoms with Gasteiger partial charge in [-0.2, -0.15) is 0 Å². The number of rotatable bonds is 10. The summed E-state index contributed by atoms with van der Waals surface area (Å²) in [6, 6.07) is 16.4. The standard InChI is InChI=1S/C29H26Cl2N2O6/c1-3-12-38-25-10-8-18(13-26(25)37-2)16-33-28(35)22(27(34)32-29(33)36)15-20-14-21(30)9-11-24(20)39-17-19-6-4-5-7-23(19)31/h4-11,13-15H,3,12,16-17H2,1-2H3,(H,32,34,36)/b22-15+. The first-order valence-corrected chi connectivity index (χ1v) is 12.9. The van der Waals surface area contributed by atoms with E-state index >= 15 is 0 Å². The third-order valence-electron chi connectivity index (χ3n) is 5.83. The first kappa shape index (κ1) is 28.0. The number of hydrogen-bond donors (Lipinski definition) is 1. The average Bonchev–Trinajstić information content (AvgIpc) is 2.92. The molecule has 39 heavy (non-hydrogen) atoms. The number of ether oxygens (including phenoxy) is 3. The predicted molar refractivity (Wildman–Crippen MR) is 148 cm³/mol. The highest BCUT2D eigenvalue weighted by atomic mass is 35.5. The van der Waals surface area contributed by atoms with Gasteiger partial charge in [0.05, 0.1) is 20.3 Å². The van der Waals surface area contributed by atoms with Gasteiger partial charge >= 0.3 is 6.03 Å². The van der Waals surface area contributed by atoms with Crippen LogP contribution in [0.3, 0.4) is 0 Å². The molecule has 0 spiro atoms. The van der Waals surface area contributed by atoms with Crippen molar-refractivity contribution in [3.63, 3.8) is 0 Å². The molecule has 0 aliphatic carbocycles. The van der Waals surface area contributed by atoms with Crippen LogP contribution in [0.15, 0.2) is 66.2 Å². The van der Waals surface area contributed by atoms with Crippen LogP contribution in [0.4, 0.5) is 4.79 Å². The van der Waals surface area contributed by atoms with Gasteiger partial charge in [0, 0.05) is 21.2 Å². The number of imide groups is 2. The minimum atomic E-state index is -0.825. The van der Waals surface area contributed by atoms with Crippen LogP contribution >= 0.6 is 23.2 Å². The Labute approximate surface area is 236 Å². The molecule has 0 saturated carbocycles. The van der Waals surface area contributed by atoms with Crippen LogP contribution in [-0.2, 0) is 22.7 Å². The fourth-order valence-electron chi connectivity index (χ4n) is 3.85. The van der Waals surface area contributed by atoms with Crippen molar-refractivity contribution in [2.45, 2.75) is 26.5 Å². The van der Waals surface area contributed by atoms with Crippen LogP contribution in [0.5, 0.6) is 17.2 Å².